The molecule has 1 aromatic carbocycles. The van der Waals surface area contributed by atoms with Crippen molar-refractivity contribution in [1.29, 1.82) is 0 Å². The van der Waals surface area contributed by atoms with E-state index >= 15 is 0 Å². The first-order chi connectivity index (χ1) is 8.12. The Balaban J connectivity index is 2.80. The molecule has 0 saturated carbocycles. The summed E-state index contributed by atoms with van der Waals surface area (Å²) >= 11 is 6.05. The van der Waals surface area contributed by atoms with E-state index < -0.39 is 0 Å². The van der Waals surface area contributed by atoms with Gasteiger partial charge in [0.15, 0.2) is 0 Å². The largest absolute Gasteiger partial charge is 0.316 e. The van der Waals surface area contributed by atoms with Crippen LogP contribution in [-0.2, 0) is 6.42 Å². The molecule has 0 bridgehead atoms. The van der Waals surface area contributed by atoms with E-state index in [4.69, 9.17) is 11.6 Å². The van der Waals surface area contributed by atoms with Crippen molar-refractivity contribution < 1.29 is 4.39 Å². The summed E-state index contributed by atoms with van der Waals surface area (Å²) in [6, 6.07) is 5.04. The molecule has 0 heterocycles. The topological polar surface area (TPSA) is 12.0 Å². The third-order valence-corrected chi connectivity index (χ3v) is 3.80. The Morgan fingerprint density at radius 2 is 1.94 bits per heavy atom. The monoisotopic (exact) mass is 257 g/mol. The van der Waals surface area contributed by atoms with E-state index in [1.165, 1.54) is 12.1 Å². The van der Waals surface area contributed by atoms with Crippen LogP contribution >= 0.6 is 11.6 Å². The van der Waals surface area contributed by atoms with Gasteiger partial charge in [-0.15, -0.1) is 0 Å². The average Bonchev–Trinajstić information content (AvgIpc) is 2.32. The number of rotatable bonds is 6. The number of benzene rings is 1. The van der Waals surface area contributed by atoms with Crippen LogP contribution < -0.4 is 5.32 Å². The second kappa shape index (κ2) is 6.97. The normalized spacial score (nSPS) is 13.1. The summed E-state index contributed by atoms with van der Waals surface area (Å²) in [5.41, 5.74) is 1.01. The first-order valence-corrected chi connectivity index (χ1v) is 6.61. The molecule has 1 rings (SSSR count). The number of nitrogens with one attached hydrogen (secondary N) is 1. The molecule has 0 spiro atoms. The second-order valence-electron chi connectivity index (χ2n) is 4.41. The summed E-state index contributed by atoms with van der Waals surface area (Å²) in [7, 11) is 1.97. The van der Waals surface area contributed by atoms with Crippen molar-refractivity contribution in [3.05, 3.63) is 34.6 Å². The van der Waals surface area contributed by atoms with Crippen LogP contribution in [0.5, 0.6) is 0 Å². The summed E-state index contributed by atoms with van der Waals surface area (Å²) in [4.78, 5) is 0. The Hall–Kier alpha value is -0.600. The van der Waals surface area contributed by atoms with Gasteiger partial charge in [0, 0.05) is 11.1 Å². The lowest BCUT2D eigenvalue weighted by atomic mass is 9.89. The van der Waals surface area contributed by atoms with E-state index in [1.807, 2.05) is 7.05 Å². The van der Waals surface area contributed by atoms with Crippen LogP contribution in [0.4, 0.5) is 4.39 Å². The standard InChI is InChI=1S/C14H21ClFN/c1-4-10(5-2)14(17-3)8-11-6-7-12(16)9-13(11)15/h6-7,9-10,14,17H,4-5,8H2,1-3H3. The molecule has 1 unspecified atom stereocenters. The predicted octanol–water partition coefficient (Wildman–Crippen LogP) is 4.05. The minimum absolute atomic E-state index is 0.276. The molecule has 0 aliphatic rings. The maximum Gasteiger partial charge on any atom is 0.124 e. The van der Waals surface area contributed by atoms with Crippen molar-refractivity contribution in [3.8, 4) is 0 Å². The fourth-order valence-corrected chi connectivity index (χ4v) is 2.53. The van der Waals surface area contributed by atoms with E-state index in [1.54, 1.807) is 6.07 Å². The Kier molecular flexibility index (Phi) is 5.93. The van der Waals surface area contributed by atoms with Crippen molar-refractivity contribution in [2.75, 3.05) is 7.05 Å². The van der Waals surface area contributed by atoms with Gasteiger partial charge in [-0.1, -0.05) is 44.4 Å². The minimum atomic E-state index is -0.276. The van der Waals surface area contributed by atoms with Gasteiger partial charge in [-0.3, -0.25) is 0 Å². The molecule has 17 heavy (non-hydrogen) atoms. The Morgan fingerprint density at radius 1 is 1.29 bits per heavy atom. The molecule has 1 aromatic rings. The van der Waals surface area contributed by atoms with Crippen molar-refractivity contribution in [3.63, 3.8) is 0 Å². The van der Waals surface area contributed by atoms with Gasteiger partial charge in [0.1, 0.15) is 5.82 Å². The van der Waals surface area contributed by atoms with Gasteiger partial charge in [0.2, 0.25) is 0 Å². The molecule has 1 nitrogen and oxygen atoms in total. The lowest BCUT2D eigenvalue weighted by Gasteiger charge is -2.25. The van der Waals surface area contributed by atoms with Gasteiger partial charge in [-0.05, 0) is 37.1 Å². The average molecular weight is 258 g/mol. The van der Waals surface area contributed by atoms with Gasteiger partial charge < -0.3 is 5.32 Å². The summed E-state index contributed by atoms with van der Waals surface area (Å²) in [5, 5.41) is 3.87. The van der Waals surface area contributed by atoms with Gasteiger partial charge in [0.05, 0.1) is 0 Å². The molecule has 96 valence electrons. The van der Waals surface area contributed by atoms with E-state index in [9.17, 15) is 4.39 Å². The summed E-state index contributed by atoms with van der Waals surface area (Å²) in [6.07, 6.45) is 3.13. The molecule has 0 aliphatic heterocycles. The molecule has 0 aliphatic carbocycles. The molecule has 1 N–H and O–H groups in total. The number of hydrogen-bond acceptors (Lipinski definition) is 1. The lowest BCUT2D eigenvalue weighted by molar-refractivity contribution is 0.349. The third kappa shape index (κ3) is 3.97. The fourth-order valence-electron chi connectivity index (χ4n) is 2.29. The van der Waals surface area contributed by atoms with Crippen molar-refractivity contribution in [2.24, 2.45) is 5.92 Å². The van der Waals surface area contributed by atoms with Crippen molar-refractivity contribution in [1.82, 2.24) is 5.32 Å². The maximum absolute atomic E-state index is 13.0. The Bertz CT molecular complexity index is 350. The molecule has 0 radical (unpaired) electrons. The SMILES string of the molecule is CCC(CC)C(Cc1ccc(F)cc1Cl)NC. The molecule has 0 fully saturated rings. The maximum atomic E-state index is 13.0. The Morgan fingerprint density at radius 3 is 2.41 bits per heavy atom. The smallest absolute Gasteiger partial charge is 0.124 e. The number of likely N-dealkylation sites (N-methyl/N-ethyl adjacent to an activating group) is 1. The van der Waals surface area contributed by atoms with E-state index in [0.717, 1.165) is 24.8 Å². The van der Waals surface area contributed by atoms with Crippen molar-refractivity contribution in [2.45, 2.75) is 39.2 Å². The molecular formula is C14H21ClFN. The first-order valence-electron chi connectivity index (χ1n) is 6.23. The zero-order chi connectivity index (χ0) is 12.8. The minimum Gasteiger partial charge on any atom is -0.316 e. The van der Waals surface area contributed by atoms with Crippen LogP contribution in [0.2, 0.25) is 5.02 Å². The zero-order valence-electron chi connectivity index (χ0n) is 10.8. The fraction of sp³-hybridized carbons (Fsp3) is 0.571. The highest BCUT2D eigenvalue weighted by atomic mass is 35.5. The summed E-state index contributed by atoms with van der Waals surface area (Å²) in [5.74, 6) is 0.350. The molecule has 0 amide bonds. The van der Waals surface area contributed by atoms with Crippen LogP contribution in [0.15, 0.2) is 18.2 Å². The van der Waals surface area contributed by atoms with Crippen LogP contribution in [0.25, 0.3) is 0 Å². The van der Waals surface area contributed by atoms with Gasteiger partial charge in [-0.25, -0.2) is 4.39 Å². The third-order valence-electron chi connectivity index (χ3n) is 3.44. The Labute approximate surface area is 108 Å². The van der Waals surface area contributed by atoms with Crippen molar-refractivity contribution >= 4 is 11.6 Å². The van der Waals surface area contributed by atoms with Crippen LogP contribution in [0.3, 0.4) is 0 Å². The van der Waals surface area contributed by atoms with Crippen LogP contribution in [0, 0.1) is 11.7 Å². The quantitative estimate of drug-likeness (QED) is 0.811. The highest BCUT2D eigenvalue weighted by molar-refractivity contribution is 6.31. The van der Waals surface area contributed by atoms with Gasteiger partial charge in [-0.2, -0.15) is 0 Å². The summed E-state index contributed by atoms with van der Waals surface area (Å²) < 4.78 is 13.0. The molecule has 0 saturated heterocycles. The van der Waals surface area contributed by atoms with E-state index in [0.29, 0.717) is 17.0 Å². The lowest BCUT2D eigenvalue weighted by Crippen LogP contribution is -2.35. The van der Waals surface area contributed by atoms with Crippen LogP contribution in [0.1, 0.15) is 32.3 Å². The highest BCUT2D eigenvalue weighted by Gasteiger charge is 2.18. The van der Waals surface area contributed by atoms with E-state index in [-0.39, 0.29) is 5.82 Å². The summed E-state index contributed by atoms with van der Waals surface area (Å²) in [6.45, 7) is 4.40. The number of halogens is 2. The van der Waals surface area contributed by atoms with Gasteiger partial charge >= 0.3 is 0 Å². The first kappa shape index (κ1) is 14.5. The van der Waals surface area contributed by atoms with E-state index in [2.05, 4.69) is 19.2 Å². The highest BCUT2D eigenvalue weighted by Crippen LogP contribution is 2.22. The molecule has 0 aromatic heterocycles. The second-order valence-corrected chi connectivity index (χ2v) is 4.82. The molecule has 3 heteroatoms. The zero-order valence-corrected chi connectivity index (χ0v) is 11.5. The molecule has 1 atom stereocenters. The molecular weight excluding hydrogens is 237 g/mol. The predicted molar refractivity (Wildman–Crippen MR) is 72.0 cm³/mol. The van der Waals surface area contributed by atoms with Crippen LogP contribution in [-0.4, -0.2) is 13.1 Å². The van der Waals surface area contributed by atoms with Gasteiger partial charge in [0.25, 0.3) is 0 Å². The number of hydrogen-bond donors (Lipinski definition) is 1.